The predicted octanol–water partition coefficient (Wildman–Crippen LogP) is 2.22. The van der Waals surface area contributed by atoms with Crippen molar-refractivity contribution in [1.82, 2.24) is 9.97 Å². The molecule has 0 spiro atoms. The van der Waals surface area contributed by atoms with Gasteiger partial charge in [-0.15, -0.1) is 0 Å². The maximum absolute atomic E-state index is 7.42. The molecule has 0 atom stereocenters. The van der Waals surface area contributed by atoms with E-state index in [0.29, 0.717) is 0 Å². The Kier molecular flexibility index (Phi) is 3.39. The summed E-state index contributed by atoms with van der Waals surface area (Å²) in [5, 5.41) is 8.27. The monoisotopic (exact) mass is 244 g/mol. The van der Waals surface area contributed by atoms with Crippen LogP contribution in [0.5, 0.6) is 0 Å². The van der Waals surface area contributed by atoms with Crippen LogP contribution in [0.2, 0.25) is 0 Å². The Balaban J connectivity index is 2.24. The lowest BCUT2D eigenvalue weighted by atomic mass is 10.1. The van der Waals surface area contributed by atoms with Gasteiger partial charge in [-0.25, -0.2) is 4.98 Å². The number of amidine groups is 1. The molecular formula is C12H12N4S. The van der Waals surface area contributed by atoms with Crippen molar-refractivity contribution in [3.05, 3.63) is 47.9 Å². The smallest absolute Gasteiger partial charge is 0.123 e. The van der Waals surface area contributed by atoms with Crippen molar-refractivity contribution in [3.8, 4) is 0 Å². The fourth-order valence-corrected chi connectivity index (χ4v) is 2.30. The number of nitrogen functional groups attached to an aromatic ring is 1. The summed E-state index contributed by atoms with van der Waals surface area (Å²) in [4.78, 5) is 9.27. The second kappa shape index (κ2) is 4.97. The van der Waals surface area contributed by atoms with Crippen molar-refractivity contribution in [2.75, 3.05) is 0 Å². The number of rotatable bonds is 3. The minimum atomic E-state index is 0.0959. The van der Waals surface area contributed by atoms with Crippen molar-refractivity contribution in [2.24, 2.45) is 5.73 Å². The van der Waals surface area contributed by atoms with Gasteiger partial charge in [0.25, 0.3) is 0 Å². The Morgan fingerprint density at radius 3 is 2.76 bits per heavy atom. The number of aromatic nitrogens is 2. The van der Waals surface area contributed by atoms with Crippen LogP contribution in [-0.4, -0.2) is 15.8 Å². The minimum Gasteiger partial charge on any atom is -0.384 e. The van der Waals surface area contributed by atoms with Crippen LogP contribution >= 0.6 is 11.8 Å². The van der Waals surface area contributed by atoms with Crippen molar-refractivity contribution in [1.29, 1.82) is 5.41 Å². The molecule has 0 unspecified atom stereocenters. The number of nitrogens with one attached hydrogen (secondary N) is 1. The Bertz CT molecular complexity index is 539. The zero-order valence-corrected chi connectivity index (χ0v) is 10.2. The highest BCUT2D eigenvalue weighted by atomic mass is 32.2. The fourth-order valence-electron chi connectivity index (χ4n) is 1.46. The summed E-state index contributed by atoms with van der Waals surface area (Å²) in [5.41, 5.74) is 7.24. The first-order valence-corrected chi connectivity index (χ1v) is 5.87. The van der Waals surface area contributed by atoms with Crippen molar-refractivity contribution in [2.45, 2.75) is 16.8 Å². The third-order valence-corrected chi connectivity index (χ3v) is 3.16. The van der Waals surface area contributed by atoms with Gasteiger partial charge in [0.2, 0.25) is 0 Å². The molecule has 0 aliphatic rings. The van der Waals surface area contributed by atoms with Gasteiger partial charge in [-0.05, 0) is 30.7 Å². The third-order valence-electron chi connectivity index (χ3n) is 2.25. The summed E-state index contributed by atoms with van der Waals surface area (Å²) in [5.74, 6) is 0.0959. The maximum atomic E-state index is 7.42. The summed E-state index contributed by atoms with van der Waals surface area (Å²) < 4.78 is 0. The Hall–Kier alpha value is -1.88. The van der Waals surface area contributed by atoms with E-state index in [-0.39, 0.29) is 5.84 Å². The van der Waals surface area contributed by atoms with Crippen molar-refractivity contribution >= 4 is 17.6 Å². The van der Waals surface area contributed by atoms with Crippen LogP contribution in [0.25, 0.3) is 0 Å². The maximum Gasteiger partial charge on any atom is 0.123 e. The Morgan fingerprint density at radius 2 is 2.18 bits per heavy atom. The molecule has 3 N–H and O–H groups in total. The molecule has 2 rings (SSSR count). The summed E-state index contributed by atoms with van der Waals surface area (Å²) in [6.45, 7) is 1.94. The number of hydrogen-bond acceptors (Lipinski definition) is 4. The largest absolute Gasteiger partial charge is 0.384 e. The average Bonchev–Trinajstić information content (AvgIpc) is 2.30. The van der Waals surface area contributed by atoms with Crippen LogP contribution < -0.4 is 5.73 Å². The quantitative estimate of drug-likeness (QED) is 0.641. The molecule has 1 aromatic carbocycles. The van der Waals surface area contributed by atoms with E-state index in [1.807, 2.05) is 25.1 Å². The molecule has 1 aromatic heterocycles. The third kappa shape index (κ3) is 2.82. The molecule has 0 fully saturated rings. The van der Waals surface area contributed by atoms with Crippen LogP contribution in [0, 0.1) is 12.3 Å². The lowest BCUT2D eigenvalue weighted by molar-refractivity contribution is 1.05. The average molecular weight is 244 g/mol. The molecule has 0 aliphatic heterocycles. The van der Waals surface area contributed by atoms with Gasteiger partial charge in [0.05, 0.1) is 6.20 Å². The van der Waals surface area contributed by atoms with E-state index in [0.717, 1.165) is 21.0 Å². The van der Waals surface area contributed by atoms with E-state index in [1.54, 1.807) is 18.6 Å². The first-order valence-electron chi connectivity index (χ1n) is 5.06. The standard InChI is InChI=1S/C12H12N4S/c1-8-6-9(2-3-10(8)12(13)14)17-11-7-15-4-5-16-11/h2-7H,1H3,(H3,13,14). The second-order valence-corrected chi connectivity index (χ2v) is 4.63. The summed E-state index contributed by atoms with van der Waals surface area (Å²) in [6.07, 6.45) is 5.03. The predicted molar refractivity (Wildman–Crippen MR) is 68.4 cm³/mol. The highest BCUT2D eigenvalue weighted by molar-refractivity contribution is 7.99. The summed E-state index contributed by atoms with van der Waals surface area (Å²) in [6, 6.07) is 5.79. The SMILES string of the molecule is Cc1cc(Sc2cnccn2)ccc1C(=N)N. The van der Waals surface area contributed by atoms with Gasteiger partial charge >= 0.3 is 0 Å². The molecule has 86 valence electrons. The number of nitrogens with two attached hydrogens (primary N) is 1. The highest BCUT2D eigenvalue weighted by Gasteiger charge is 2.04. The van der Waals surface area contributed by atoms with E-state index in [9.17, 15) is 0 Å². The number of hydrogen-bond donors (Lipinski definition) is 2. The molecule has 0 radical (unpaired) electrons. The van der Waals surface area contributed by atoms with Gasteiger partial charge in [-0.2, -0.15) is 0 Å². The molecule has 0 amide bonds. The highest BCUT2D eigenvalue weighted by Crippen LogP contribution is 2.26. The molecule has 2 aromatic rings. The molecule has 0 saturated carbocycles. The molecule has 0 saturated heterocycles. The molecule has 4 nitrogen and oxygen atoms in total. The first kappa shape index (κ1) is 11.6. The number of nitrogens with zero attached hydrogens (tertiary/aromatic N) is 2. The number of aryl methyl sites for hydroxylation is 1. The van der Waals surface area contributed by atoms with E-state index in [4.69, 9.17) is 11.1 Å². The lowest BCUT2D eigenvalue weighted by Gasteiger charge is -2.06. The minimum absolute atomic E-state index is 0.0959. The normalized spacial score (nSPS) is 10.2. The molecule has 1 heterocycles. The molecular weight excluding hydrogens is 232 g/mol. The van der Waals surface area contributed by atoms with Gasteiger partial charge in [0.15, 0.2) is 0 Å². The van der Waals surface area contributed by atoms with Crippen LogP contribution in [0.1, 0.15) is 11.1 Å². The molecule has 5 heteroatoms. The van der Waals surface area contributed by atoms with Crippen LogP contribution in [-0.2, 0) is 0 Å². The van der Waals surface area contributed by atoms with E-state index in [2.05, 4.69) is 9.97 Å². The topological polar surface area (TPSA) is 75.7 Å². The Labute approximate surface area is 104 Å². The van der Waals surface area contributed by atoms with Gasteiger partial charge in [-0.3, -0.25) is 10.4 Å². The summed E-state index contributed by atoms with van der Waals surface area (Å²) >= 11 is 1.54. The summed E-state index contributed by atoms with van der Waals surface area (Å²) in [7, 11) is 0. The van der Waals surface area contributed by atoms with E-state index >= 15 is 0 Å². The van der Waals surface area contributed by atoms with Gasteiger partial charge in [0.1, 0.15) is 10.9 Å². The zero-order valence-electron chi connectivity index (χ0n) is 9.34. The van der Waals surface area contributed by atoms with Gasteiger partial charge in [0, 0.05) is 22.9 Å². The van der Waals surface area contributed by atoms with Crippen molar-refractivity contribution < 1.29 is 0 Å². The number of benzene rings is 1. The van der Waals surface area contributed by atoms with Crippen LogP contribution in [0.3, 0.4) is 0 Å². The van der Waals surface area contributed by atoms with Crippen molar-refractivity contribution in [3.63, 3.8) is 0 Å². The molecule has 0 bridgehead atoms. The van der Waals surface area contributed by atoms with Gasteiger partial charge < -0.3 is 5.73 Å². The fraction of sp³-hybridized carbons (Fsp3) is 0.0833. The first-order chi connectivity index (χ1) is 8.16. The zero-order chi connectivity index (χ0) is 12.3. The van der Waals surface area contributed by atoms with Gasteiger partial charge in [-0.1, -0.05) is 11.8 Å². The second-order valence-electron chi connectivity index (χ2n) is 3.54. The van der Waals surface area contributed by atoms with Crippen LogP contribution in [0.4, 0.5) is 0 Å². The van der Waals surface area contributed by atoms with E-state index < -0.39 is 0 Å². The molecule has 0 aliphatic carbocycles. The van der Waals surface area contributed by atoms with Crippen LogP contribution in [0.15, 0.2) is 46.7 Å². The van der Waals surface area contributed by atoms with E-state index in [1.165, 1.54) is 11.8 Å². The molecule has 17 heavy (non-hydrogen) atoms. The lowest BCUT2D eigenvalue weighted by Crippen LogP contribution is -2.12. The Morgan fingerprint density at radius 1 is 1.35 bits per heavy atom.